The molecular weight excluding hydrogens is 418 g/mol. The zero-order valence-corrected chi connectivity index (χ0v) is 19.7. The van der Waals surface area contributed by atoms with Crippen molar-refractivity contribution in [3.8, 4) is 0 Å². The lowest BCUT2D eigenvalue weighted by molar-refractivity contribution is -0.124. The number of hydrogen-bond acceptors (Lipinski definition) is 3. The first-order valence-corrected chi connectivity index (χ1v) is 11.4. The predicted octanol–water partition coefficient (Wildman–Crippen LogP) is 5.36. The van der Waals surface area contributed by atoms with Crippen molar-refractivity contribution in [1.29, 1.82) is 0 Å². The largest absolute Gasteiger partial charge is 0.309 e. The van der Waals surface area contributed by atoms with E-state index in [-0.39, 0.29) is 5.91 Å². The highest BCUT2D eigenvalue weighted by molar-refractivity contribution is 6.31. The smallest absolute Gasteiger partial charge is 0.256 e. The average molecular weight is 448 g/mol. The van der Waals surface area contributed by atoms with Gasteiger partial charge in [-0.3, -0.25) is 4.79 Å². The summed E-state index contributed by atoms with van der Waals surface area (Å²) in [6.45, 7) is 1.47. The molecule has 0 radical (unpaired) electrons. The maximum absolute atomic E-state index is 14.3. The second kappa shape index (κ2) is 9.45. The number of amides is 1. The molecule has 0 unspecified atom stereocenters. The van der Waals surface area contributed by atoms with Crippen molar-refractivity contribution in [1.82, 2.24) is 9.91 Å². The Hall–Kier alpha value is -2.66. The van der Waals surface area contributed by atoms with Gasteiger partial charge in [-0.05, 0) is 62.3 Å². The Morgan fingerprint density at radius 2 is 1.53 bits per heavy atom. The average Bonchev–Trinajstić information content (AvgIpc) is 3.04. The molecule has 1 amide bonds. The minimum Gasteiger partial charge on any atom is -0.309 e. The monoisotopic (exact) mass is 447 g/mol. The Morgan fingerprint density at radius 3 is 2.25 bits per heavy atom. The summed E-state index contributed by atoms with van der Waals surface area (Å²) in [5, 5.41) is 4.54. The normalized spacial score (nSPS) is 17.9. The fourth-order valence-electron chi connectivity index (χ4n) is 4.76. The molecule has 1 atom stereocenters. The molecule has 4 rings (SSSR count). The van der Waals surface area contributed by atoms with Crippen LogP contribution in [0.5, 0.6) is 0 Å². The number of fused-ring (bicyclic) bond motifs is 1. The quantitative estimate of drug-likeness (QED) is 0.465. The van der Waals surface area contributed by atoms with E-state index in [4.69, 9.17) is 11.6 Å². The number of nitrogens with zero attached hydrogens (tertiary/aromatic N) is 3. The number of hydrogen-bond donors (Lipinski definition) is 0. The summed E-state index contributed by atoms with van der Waals surface area (Å²) >= 11 is 6.43. The first kappa shape index (κ1) is 22.5. The molecule has 0 saturated heterocycles. The minimum absolute atomic E-state index is 0.0956. The van der Waals surface area contributed by atoms with E-state index in [1.165, 1.54) is 0 Å². The van der Waals surface area contributed by atoms with Gasteiger partial charge in [-0.2, -0.15) is 0 Å². The van der Waals surface area contributed by atoms with E-state index in [2.05, 4.69) is 37.2 Å². The van der Waals surface area contributed by atoms with Gasteiger partial charge in [-0.15, -0.1) is 0 Å². The number of carbonyl (C=O) groups excluding carboxylic acids is 1. The van der Waals surface area contributed by atoms with Gasteiger partial charge in [0.25, 0.3) is 5.91 Å². The number of halogens is 1. The number of anilines is 1. The Kier molecular flexibility index (Phi) is 6.66. The summed E-state index contributed by atoms with van der Waals surface area (Å²) < 4.78 is 0. The van der Waals surface area contributed by atoms with Crippen LogP contribution in [0.3, 0.4) is 0 Å². The number of carbonyl (C=O) groups is 1. The first-order valence-electron chi connectivity index (χ1n) is 11.0. The van der Waals surface area contributed by atoms with Crippen molar-refractivity contribution in [3.63, 3.8) is 0 Å². The molecule has 166 valence electrons. The maximum atomic E-state index is 14.3. The third-order valence-electron chi connectivity index (χ3n) is 6.27. The fourth-order valence-corrected chi connectivity index (χ4v) is 4.95. The van der Waals surface area contributed by atoms with Gasteiger partial charge in [-0.1, -0.05) is 78.3 Å². The van der Waals surface area contributed by atoms with Gasteiger partial charge in [0.1, 0.15) is 5.41 Å². The topological polar surface area (TPSA) is 26.8 Å². The van der Waals surface area contributed by atoms with Gasteiger partial charge in [0.15, 0.2) is 0 Å². The molecule has 3 aromatic carbocycles. The third-order valence-corrected chi connectivity index (χ3v) is 6.64. The standard InChI is InChI=1S/C27H30ClN3O/c1-29(2)19-11-18-27(22-13-5-4-6-14-22)23-15-8-10-17-25(23)31(26(27)32)30(3)20-21-12-7-9-16-24(21)28/h4-10,12-17H,11,18-20H2,1-3H3/t27-/m1/s1. The van der Waals surface area contributed by atoms with Crippen molar-refractivity contribution < 1.29 is 4.79 Å². The molecule has 32 heavy (non-hydrogen) atoms. The molecule has 0 spiro atoms. The molecule has 0 aromatic heterocycles. The van der Waals surface area contributed by atoms with Gasteiger partial charge in [0.2, 0.25) is 0 Å². The summed E-state index contributed by atoms with van der Waals surface area (Å²) in [6, 6.07) is 26.2. The molecule has 0 bridgehead atoms. The molecule has 0 fully saturated rings. The highest BCUT2D eigenvalue weighted by Gasteiger charge is 2.52. The van der Waals surface area contributed by atoms with E-state index in [0.29, 0.717) is 11.6 Å². The second-order valence-electron chi connectivity index (χ2n) is 8.72. The van der Waals surface area contributed by atoms with Crippen molar-refractivity contribution in [2.75, 3.05) is 32.7 Å². The van der Waals surface area contributed by atoms with E-state index >= 15 is 0 Å². The lowest BCUT2D eigenvalue weighted by Gasteiger charge is -2.33. The van der Waals surface area contributed by atoms with Crippen LogP contribution in [0, 0.1) is 0 Å². The van der Waals surface area contributed by atoms with Crippen LogP contribution in [0.4, 0.5) is 5.69 Å². The Labute approximate surface area is 196 Å². The van der Waals surface area contributed by atoms with Gasteiger partial charge in [0.05, 0.1) is 5.69 Å². The van der Waals surface area contributed by atoms with Crippen LogP contribution in [0.25, 0.3) is 0 Å². The van der Waals surface area contributed by atoms with E-state index < -0.39 is 5.41 Å². The molecule has 1 heterocycles. The molecule has 1 aliphatic heterocycles. The molecule has 5 heteroatoms. The summed E-state index contributed by atoms with van der Waals surface area (Å²) in [6.07, 6.45) is 1.67. The Balaban J connectivity index is 1.78. The molecule has 0 aliphatic carbocycles. The molecule has 4 nitrogen and oxygen atoms in total. The molecular formula is C27H30ClN3O. The lowest BCUT2D eigenvalue weighted by atomic mass is 9.72. The summed E-state index contributed by atoms with van der Waals surface area (Å²) in [5.41, 5.74) is 3.35. The van der Waals surface area contributed by atoms with Crippen LogP contribution in [0.1, 0.15) is 29.5 Å². The first-order chi connectivity index (χ1) is 15.4. The second-order valence-corrected chi connectivity index (χ2v) is 9.13. The summed E-state index contributed by atoms with van der Waals surface area (Å²) in [4.78, 5) is 16.5. The Bertz CT molecular complexity index is 1090. The maximum Gasteiger partial charge on any atom is 0.256 e. The molecule has 3 aromatic rings. The summed E-state index contributed by atoms with van der Waals surface area (Å²) in [7, 11) is 6.10. The zero-order chi connectivity index (χ0) is 22.7. The van der Waals surface area contributed by atoms with Crippen molar-refractivity contribution in [2.45, 2.75) is 24.8 Å². The van der Waals surface area contributed by atoms with Crippen LogP contribution < -0.4 is 5.01 Å². The number of benzene rings is 3. The van der Waals surface area contributed by atoms with Crippen LogP contribution >= 0.6 is 11.6 Å². The van der Waals surface area contributed by atoms with Crippen LogP contribution in [0.2, 0.25) is 5.02 Å². The number of hydrazine groups is 1. The van der Waals surface area contributed by atoms with Crippen LogP contribution in [-0.4, -0.2) is 43.5 Å². The molecule has 1 aliphatic rings. The molecule has 0 N–H and O–H groups in total. The third kappa shape index (κ3) is 4.06. The highest BCUT2D eigenvalue weighted by Crippen LogP contribution is 2.49. The van der Waals surface area contributed by atoms with E-state index in [9.17, 15) is 4.79 Å². The fraction of sp³-hybridized carbons (Fsp3) is 0.296. The van der Waals surface area contributed by atoms with Gasteiger partial charge < -0.3 is 4.90 Å². The predicted molar refractivity (Wildman–Crippen MR) is 132 cm³/mol. The lowest BCUT2D eigenvalue weighted by Crippen LogP contribution is -2.48. The Morgan fingerprint density at radius 1 is 0.875 bits per heavy atom. The van der Waals surface area contributed by atoms with Crippen LogP contribution in [-0.2, 0) is 16.8 Å². The van der Waals surface area contributed by atoms with Crippen molar-refractivity contribution >= 4 is 23.2 Å². The minimum atomic E-state index is -0.706. The van der Waals surface area contributed by atoms with Gasteiger partial charge in [0, 0.05) is 18.6 Å². The number of rotatable bonds is 8. The van der Waals surface area contributed by atoms with E-state index in [0.717, 1.165) is 41.8 Å². The SMILES string of the molecule is CN(C)CCC[C@]1(c2ccccc2)C(=O)N(N(C)Cc2ccccc2Cl)c2ccccc21. The molecule has 0 saturated carbocycles. The number of para-hydroxylation sites is 1. The highest BCUT2D eigenvalue weighted by atomic mass is 35.5. The van der Waals surface area contributed by atoms with Crippen molar-refractivity contribution in [3.05, 3.63) is 101 Å². The summed E-state index contributed by atoms with van der Waals surface area (Å²) in [5.74, 6) is 0.0956. The van der Waals surface area contributed by atoms with Crippen LogP contribution in [0.15, 0.2) is 78.9 Å². The van der Waals surface area contributed by atoms with E-state index in [1.54, 1.807) is 0 Å². The van der Waals surface area contributed by atoms with E-state index in [1.807, 2.05) is 77.7 Å². The van der Waals surface area contributed by atoms with Gasteiger partial charge >= 0.3 is 0 Å². The van der Waals surface area contributed by atoms with Crippen molar-refractivity contribution in [2.24, 2.45) is 0 Å². The zero-order valence-electron chi connectivity index (χ0n) is 19.0. The van der Waals surface area contributed by atoms with Gasteiger partial charge in [-0.25, -0.2) is 10.0 Å².